The number of furan rings is 1. The van der Waals surface area contributed by atoms with Crippen molar-refractivity contribution < 1.29 is 31.9 Å². The summed E-state index contributed by atoms with van der Waals surface area (Å²) in [5.74, 6) is -2.36. The lowest BCUT2D eigenvalue weighted by Gasteiger charge is -2.23. The fourth-order valence-corrected chi connectivity index (χ4v) is 2.14. The highest BCUT2D eigenvalue weighted by Gasteiger charge is 2.42. The number of methoxy groups -OCH3 is 1. The first-order chi connectivity index (χ1) is 11.8. The molecule has 2 amide bonds. The van der Waals surface area contributed by atoms with Crippen molar-refractivity contribution in [3.05, 3.63) is 42.4 Å². The molecule has 0 saturated heterocycles. The van der Waals surface area contributed by atoms with Crippen molar-refractivity contribution in [1.82, 2.24) is 0 Å². The van der Waals surface area contributed by atoms with Crippen LogP contribution in [-0.4, -0.2) is 31.6 Å². The molecule has 25 heavy (non-hydrogen) atoms. The van der Waals surface area contributed by atoms with E-state index >= 15 is 0 Å². The van der Waals surface area contributed by atoms with Gasteiger partial charge in [-0.1, -0.05) is 0 Å². The molecule has 0 atom stereocenters. The Balaban J connectivity index is 2.29. The van der Waals surface area contributed by atoms with Gasteiger partial charge in [-0.25, -0.2) is 0 Å². The number of rotatable bonds is 5. The fourth-order valence-electron chi connectivity index (χ4n) is 2.14. The molecule has 1 aromatic heterocycles. The zero-order chi connectivity index (χ0) is 18.6. The minimum atomic E-state index is -4.99. The molecule has 0 aliphatic heterocycles. The third-order valence-electron chi connectivity index (χ3n) is 3.29. The average Bonchev–Trinajstić information content (AvgIpc) is 3.10. The van der Waals surface area contributed by atoms with Crippen LogP contribution >= 0.6 is 0 Å². The number of nitrogens with one attached hydrogen (secondary N) is 1. The van der Waals surface area contributed by atoms with Crippen molar-refractivity contribution >= 4 is 23.2 Å². The largest absolute Gasteiger partial charge is 0.494 e. The highest BCUT2D eigenvalue weighted by atomic mass is 19.4. The van der Waals surface area contributed by atoms with E-state index in [0.29, 0.717) is 4.90 Å². The van der Waals surface area contributed by atoms with Gasteiger partial charge in [-0.05, 0) is 31.2 Å². The molecule has 0 unspecified atom stereocenters. The van der Waals surface area contributed by atoms with Crippen molar-refractivity contribution in [2.45, 2.75) is 13.1 Å². The van der Waals surface area contributed by atoms with Crippen LogP contribution in [0.4, 0.5) is 24.5 Å². The summed E-state index contributed by atoms with van der Waals surface area (Å²) in [6.45, 7) is 1.24. The number of halogens is 3. The molecule has 0 spiro atoms. The van der Waals surface area contributed by atoms with E-state index in [4.69, 9.17) is 9.15 Å². The fraction of sp³-hybridized carbons (Fsp3) is 0.250. The Hall–Kier alpha value is -2.97. The monoisotopic (exact) mass is 356 g/mol. The molecule has 0 saturated carbocycles. The standard InChI is InChI=1S/C16H15F3N2O4/c1-3-21(15(23)16(17,18)19)10-6-7-11(13(9-10)24-2)20-14(22)12-5-4-8-25-12/h4-9H,3H2,1-2H3,(H,20,22). The van der Waals surface area contributed by atoms with Gasteiger partial charge in [-0.15, -0.1) is 0 Å². The van der Waals surface area contributed by atoms with E-state index < -0.39 is 18.0 Å². The van der Waals surface area contributed by atoms with Crippen LogP contribution in [0.1, 0.15) is 17.5 Å². The van der Waals surface area contributed by atoms with Crippen LogP contribution in [-0.2, 0) is 4.79 Å². The Bertz CT molecular complexity index is 757. The van der Waals surface area contributed by atoms with Crippen molar-refractivity contribution in [2.75, 3.05) is 23.9 Å². The first kappa shape index (κ1) is 18.4. The van der Waals surface area contributed by atoms with Gasteiger partial charge < -0.3 is 19.4 Å². The van der Waals surface area contributed by atoms with Crippen molar-refractivity contribution in [2.24, 2.45) is 0 Å². The molecule has 0 aliphatic carbocycles. The minimum Gasteiger partial charge on any atom is -0.494 e. The number of ether oxygens (including phenoxy) is 1. The Morgan fingerprint density at radius 3 is 2.52 bits per heavy atom. The van der Waals surface area contributed by atoms with Crippen LogP contribution in [0.5, 0.6) is 5.75 Å². The molecule has 0 bridgehead atoms. The summed E-state index contributed by atoms with van der Waals surface area (Å²) in [5.41, 5.74) is 0.223. The number of amides is 2. The van der Waals surface area contributed by atoms with E-state index in [1.54, 1.807) is 0 Å². The molecule has 6 nitrogen and oxygen atoms in total. The smallest absolute Gasteiger partial charge is 0.471 e. The zero-order valence-corrected chi connectivity index (χ0v) is 13.4. The molecule has 134 valence electrons. The number of nitrogens with zero attached hydrogens (tertiary/aromatic N) is 1. The predicted molar refractivity (Wildman–Crippen MR) is 83.7 cm³/mol. The SMILES string of the molecule is CCN(C(=O)C(F)(F)F)c1ccc(NC(=O)c2ccco2)c(OC)c1. The Morgan fingerprint density at radius 1 is 1.28 bits per heavy atom. The first-order valence-electron chi connectivity index (χ1n) is 7.19. The van der Waals surface area contributed by atoms with Crippen LogP contribution in [0, 0.1) is 0 Å². The lowest BCUT2D eigenvalue weighted by molar-refractivity contribution is -0.170. The molecule has 1 N–H and O–H groups in total. The molecule has 9 heteroatoms. The van der Waals surface area contributed by atoms with Crippen molar-refractivity contribution in [1.29, 1.82) is 0 Å². The number of hydrogen-bond acceptors (Lipinski definition) is 4. The summed E-state index contributed by atoms with van der Waals surface area (Å²) >= 11 is 0. The first-order valence-corrected chi connectivity index (χ1v) is 7.19. The van der Waals surface area contributed by atoms with Gasteiger partial charge in [0.05, 0.1) is 19.1 Å². The molecule has 0 radical (unpaired) electrons. The number of alkyl halides is 3. The predicted octanol–water partition coefficient (Wildman–Crippen LogP) is 3.46. The molecule has 0 fully saturated rings. The quantitative estimate of drug-likeness (QED) is 0.891. The van der Waals surface area contributed by atoms with E-state index in [-0.39, 0.29) is 29.4 Å². The summed E-state index contributed by atoms with van der Waals surface area (Å²) in [5, 5.41) is 2.52. The second kappa shape index (κ2) is 7.29. The maximum absolute atomic E-state index is 12.7. The molecule has 1 aromatic carbocycles. The van der Waals surface area contributed by atoms with Crippen LogP contribution in [0.3, 0.4) is 0 Å². The third kappa shape index (κ3) is 4.11. The number of hydrogen-bond donors (Lipinski definition) is 1. The highest BCUT2D eigenvalue weighted by molar-refractivity contribution is 6.03. The van der Waals surface area contributed by atoms with Gasteiger partial charge in [0.1, 0.15) is 5.75 Å². The average molecular weight is 356 g/mol. The molecule has 0 aliphatic rings. The molecular formula is C16H15F3N2O4. The van der Waals surface area contributed by atoms with Crippen molar-refractivity contribution in [3.63, 3.8) is 0 Å². The number of anilines is 2. The summed E-state index contributed by atoms with van der Waals surface area (Å²) in [4.78, 5) is 24.0. The van der Waals surface area contributed by atoms with Crippen LogP contribution < -0.4 is 15.0 Å². The lowest BCUT2D eigenvalue weighted by atomic mass is 10.2. The van der Waals surface area contributed by atoms with Crippen LogP contribution in [0.25, 0.3) is 0 Å². The maximum atomic E-state index is 12.7. The summed E-state index contributed by atoms with van der Waals surface area (Å²) in [6.07, 6.45) is -3.66. The van der Waals surface area contributed by atoms with Gasteiger partial charge >= 0.3 is 12.1 Å². The van der Waals surface area contributed by atoms with Crippen LogP contribution in [0.2, 0.25) is 0 Å². The highest BCUT2D eigenvalue weighted by Crippen LogP contribution is 2.32. The van der Waals surface area contributed by atoms with Crippen molar-refractivity contribution in [3.8, 4) is 5.75 Å². The van der Waals surface area contributed by atoms with Gasteiger partial charge in [-0.3, -0.25) is 9.59 Å². The van der Waals surface area contributed by atoms with Gasteiger partial charge in [0.15, 0.2) is 5.76 Å². The molecule has 1 heterocycles. The van der Waals surface area contributed by atoms with E-state index in [0.717, 1.165) is 0 Å². The normalized spacial score (nSPS) is 11.1. The van der Waals surface area contributed by atoms with Crippen LogP contribution in [0.15, 0.2) is 41.0 Å². The zero-order valence-electron chi connectivity index (χ0n) is 13.4. The van der Waals surface area contributed by atoms with Gasteiger partial charge in [0.2, 0.25) is 0 Å². The van der Waals surface area contributed by atoms with E-state index in [9.17, 15) is 22.8 Å². The number of carbonyl (C=O) groups excluding carboxylic acids is 2. The minimum absolute atomic E-state index is 0.00216. The Morgan fingerprint density at radius 2 is 2.00 bits per heavy atom. The summed E-state index contributed by atoms with van der Waals surface area (Å²) < 4.78 is 48.1. The molecular weight excluding hydrogens is 341 g/mol. The maximum Gasteiger partial charge on any atom is 0.471 e. The third-order valence-corrected chi connectivity index (χ3v) is 3.29. The van der Waals surface area contributed by atoms with Gasteiger partial charge in [0.25, 0.3) is 5.91 Å². The van der Waals surface area contributed by atoms with E-state index in [1.807, 2.05) is 0 Å². The topological polar surface area (TPSA) is 71.8 Å². The summed E-state index contributed by atoms with van der Waals surface area (Å²) in [7, 11) is 1.30. The molecule has 2 rings (SSSR count). The number of carbonyl (C=O) groups is 2. The Labute approximate surface area is 141 Å². The van der Waals surface area contributed by atoms with E-state index in [1.165, 1.54) is 50.6 Å². The lowest BCUT2D eigenvalue weighted by Crippen LogP contribution is -2.41. The Kier molecular flexibility index (Phi) is 5.35. The second-order valence-corrected chi connectivity index (χ2v) is 4.86. The van der Waals surface area contributed by atoms with Gasteiger partial charge in [0, 0.05) is 18.3 Å². The molecule has 2 aromatic rings. The summed E-state index contributed by atoms with van der Waals surface area (Å²) in [6, 6.07) is 6.87. The number of benzene rings is 1. The van der Waals surface area contributed by atoms with E-state index in [2.05, 4.69) is 5.32 Å². The second-order valence-electron chi connectivity index (χ2n) is 4.86. The van der Waals surface area contributed by atoms with Gasteiger partial charge in [-0.2, -0.15) is 13.2 Å².